The molecule has 5 heteroatoms. The van der Waals surface area contributed by atoms with E-state index in [4.69, 9.17) is 5.73 Å². The van der Waals surface area contributed by atoms with E-state index in [0.29, 0.717) is 24.3 Å². The molecule has 5 nitrogen and oxygen atoms in total. The van der Waals surface area contributed by atoms with Gasteiger partial charge in [0.05, 0.1) is 6.04 Å². The zero-order valence-corrected chi connectivity index (χ0v) is 12.0. The Labute approximate surface area is 124 Å². The Bertz CT molecular complexity index is 526. The van der Waals surface area contributed by atoms with E-state index in [1.165, 1.54) is 37.8 Å². The van der Waals surface area contributed by atoms with Gasteiger partial charge in [-0.1, -0.05) is 6.07 Å². The highest BCUT2D eigenvalue weighted by Crippen LogP contribution is 2.44. The Kier molecular flexibility index (Phi) is 3.76. The van der Waals surface area contributed by atoms with Gasteiger partial charge in [-0.15, -0.1) is 0 Å². The first-order chi connectivity index (χ1) is 10.0. The van der Waals surface area contributed by atoms with Gasteiger partial charge in [0.1, 0.15) is 0 Å². The molecule has 5 N–H and O–H groups in total. The summed E-state index contributed by atoms with van der Waals surface area (Å²) >= 11 is 0. The fraction of sp³-hybridized carbons (Fsp3) is 0.562. The first kappa shape index (κ1) is 14.2. The van der Waals surface area contributed by atoms with Crippen LogP contribution in [0.5, 0.6) is 11.5 Å². The number of carbonyl (C=O) groups excluding carboxylic acids is 1. The van der Waals surface area contributed by atoms with Crippen LogP contribution in [-0.4, -0.2) is 28.2 Å². The quantitative estimate of drug-likeness (QED) is 0.593. The number of hydrogen-bond donors (Lipinski definition) is 4. The number of nitrogens with two attached hydrogens (primary N) is 1. The molecule has 3 rings (SSSR count). The van der Waals surface area contributed by atoms with Crippen molar-refractivity contribution < 1.29 is 15.0 Å². The molecule has 2 saturated carbocycles. The zero-order valence-electron chi connectivity index (χ0n) is 12.0. The molecule has 2 aliphatic rings. The maximum Gasteiger partial charge on any atom is 0.237 e. The van der Waals surface area contributed by atoms with Crippen LogP contribution < -0.4 is 11.1 Å². The Morgan fingerprint density at radius 2 is 1.81 bits per heavy atom. The van der Waals surface area contributed by atoms with Gasteiger partial charge in [-0.2, -0.15) is 0 Å². The van der Waals surface area contributed by atoms with Crippen LogP contribution in [-0.2, 0) is 11.2 Å². The van der Waals surface area contributed by atoms with Crippen LogP contribution in [0.2, 0.25) is 0 Å². The Balaban J connectivity index is 1.57. The van der Waals surface area contributed by atoms with Crippen LogP contribution in [0.25, 0.3) is 0 Å². The Morgan fingerprint density at radius 3 is 2.33 bits per heavy atom. The Morgan fingerprint density at radius 1 is 1.19 bits per heavy atom. The van der Waals surface area contributed by atoms with Gasteiger partial charge >= 0.3 is 0 Å². The molecule has 0 aliphatic heterocycles. The van der Waals surface area contributed by atoms with Gasteiger partial charge in [0.15, 0.2) is 11.5 Å². The summed E-state index contributed by atoms with van der Waals surface area (Å²) in [5.74, 6) is 0.817. The molecule has 0 unspecified atom stereocenters. The maximum atomic E-state index is 12.2. The second kappa shape index (κ2) is 5.56. The van der Waals surface area contributed by atoms with Crippen LogP contribution in [0.4, 0.5) is 0 Å². The Hall–Kier alpha value is -1.75. The molecule has 0 heterocycles. The lowest BCUT2D eigenvalue weighted by atomic mass is 10.0. The molecule has 0 radical (unpaired) electrons. The van der Waals surface area contributed by atoms with Gasteiger partial charge in [0.25, 0.3) is 0 Å². The zero-order chi connectivity index (χ0) is 15.0. The van der Waals surface area contributed by atoms with Gasteiger partial charge < -0.3 is 21.3 Å². The first-order valence-corrected chi connectivity index (χ1v) is 7.61. The number of phenols is 2. The van der Waals surface area contributed by atoms with Crippen LogP contribution in [0.3, 0.4) is 0 Å². The summed E-state index contributed by atoms with van der Waals surface area (Å²) in [7, 11) is 0. The second-order valence-electron chi connectivity index (χ2n) is 6.34. The highest BCUT2D eigenvalue weighted by molar-refractivity contribution is 5.82. The van der Waals surface area contributed by atoms with E-state index in [2.05, 4.69) is 5.32 Å². The van der Waals surface area contributed by atoms with Crippen molar-refractivity contribution in [1.82, 2.24) is 5.32 Å². The van der Waals surface area contributed by atoms with E-state index < -0.39 is 6.04 Å². The van der Waals surface area contributed by atoms with E-state index in [-0.39, 0.29) is 17.4 Å². The normalized spacial score (nSPS) is 19.5. The molecule has 21 heavy (non-hydrogen) atoms. The molecular formula is C16H22N2O3. The lowest BCUT2D eigenvalue weighted by Gasteiger charge is -2.20. The van der Waals surface area contributed by atoms with E-state index in [1.54, 1.807) is 6.07 Å². The van der Waals surface area contributed by atoms with Crippen molar-refractivity contribution in [2.45, 2.75) is 44.2 Å². The average molecular weight is 290 g/mol. The minimum Gasteiger partial charge on any atom is -0.504 e. The third-order valence-electron chi connectivity index (χ3n) is 4.40. The molecule has 0 bridgehead atoms. The molecule has 0 saturated heterocycles. The predicted octanol–water partition coefficient (Wildman–Crippen LogP) is 1.27. The number of aromatic hydroxyl groups is 2. The lowest BCUT2D eigenvalue weighted by molar-refractivity contribution is -0.123. The summed E-state index contributed by atoms with van der Waals surface area (Å²) in [6, 6.07) is 4.20. The monoisotopic (exact) mass is 290 g/mol. The van der Waals surface area contributed by atoms with Crippen molar-refractivity contribution >= 4 is 5.91 Å². The van der Waals surface area contributed by atoms with Crippen molar-refractivity contribution in [2.75, 3.05) is 0 Å². The van der Waals surface area contributed by atoms with E-state index in [0.717, 1.165) is 5.56 Å². The summed E-state index contributed by atoms with van der Waals surface area (Å²) in [6.07, 6.45) is 5.19. The standard InChI is InChI=1S/C16H22N2O3/c17-12(7-9-1-6-13(19)14(20)8-9)16(21)18-15(10-2-3-10)11-4-5-11/h1,6,8,10-12,15,19-20H,2-5,7,17H2,(H,18,21)/t12-/m0/s1. The summed E-state index contributed by atoms with van der Waals surface area (Å²) in [5, 5.41) is 21.9. The molecule has 114 valence electrons. The van der Waals surface area contributed by atoms with Crippen molar-refractivity contribution in [3.8, 4) is 11.5 Å². The topological polar surface area (TPSA) is 95.6 Å². The smallest absolute Gasteiger partial charge is 0.237 e. The summed E-state index contributed by atoms with van der Waals surface area (Å²) < 4.78 is 0. The van der Waals surface area contributed by atoms with Crippen LogP contribution in [0, 0.1) is 11.8 Å². The number of amides is 1. The third kappa shape index (κ3) is 3.47. The number of benzene rings is 1. The number of rotatable bonds is 6. The number of phenolic OH excluding ortho intramolecular Hbond substituents is 2. The molecule has 2 fully saturated rings. The van der Waals surface area contributed by atoms with Crippen molar-refractivity contribution in [1.29, 1.82) is 0 Å². The second-order valence-corrected chi connectivity index (χ2v) is 6.34. The van der Waals surface area contributed by atoms with Gasteiger partial charge in [-0.05, 0) is 61.6 Å². The molecule has 2 aliphatic carbocycles. The SMILES string of the molecule is N[C@@H](Cc1ccc(O)c(O)c1)C(=O)NC(C1CC1)C1CC1. The molecular weight excluding hydrogens is 268 g/mol. The average Bonchev–Trinajstić information content (AvgIpc) is 3.32. The molecule has 1 aromatic carbocycles. The van der Waals surface area contributed by atoms with Gasteiger partial charge in [-0.3, -0.25) is 4.79 Å². The third-order valence-corrected chi connectivity index (χ3v) is 4.40. The molecule has 0 aromatic heterocycles. The maximum absolute atomic E-state index is 12.2. The fourth-order valence-electron chi connectivity index (χ4n) is 2.85. The lowest BCUT2D eigenvalue weighted by Crippen LogP contribution is -2.48. The van der Waals surface area contributed by atoms with Crippen LogP contribution in [0.15, 0.2) is 18.2 Å². The summed E-state index contributed by atoms with van der Waals surface area (Å²) in [4.78, 5) is 12.2. The highest BCUT2D eigenvalue weighted by Gasteiger charge is 2.42. The number of carbonyl (C=O) groups is 1. The van der Waals surface area contributed by atoms with E-state index in [9.17, 15) is 15.0 Å². The first-order valence-electron chi connectivity index (χ1n) is 7.61. The minimum atomic E-state index is -0.631. The molecule has 1 aromatic rings. The van der Waals surface area contributed by atoms with Crippen molar-refractivity contribution in [3.63, 3.8) is 0 Å². The predicted molar refractivity (Wildman–Crippen MR) is 78.8 cm³/mol. The van der Waals surface area contributed by atoms with E-state index in [1.807, 2.05) is 0 Å². The summed E-state index contributed by atoms with van der Waals surface area (Å²) in [6.45, 7) is 0. The van der Waals surface area contributed by atoms with Crippen LogP contribution in [0.1, 0.15) is 31.2 Å². The number of nitrogens with one attached hydrogen (secondary N) is 1. The minimum absolute atomic E-state index is 0.119. The molecule has 1 atom stereocenters. The fourth-order valence-corrected chi connectivity index (χ4v) is 2.85. The van der Waals surface area contributed by atoms with Gasteiger partial charge in [-0.25, -0.2) is 0 Å². The number of hydrogen-bond acceptors (Lipinski definition) is 4. The van der Waals surface area contributed by atoms with E-state index >= 15 is 0 Å². The van der Waals surface area contributed by atoms with Gasteiger partial charge in [0, 0.05) is 6.04 Å². The van der Waals surface area contributed by atoms with Gasteiger partial charge in [0.2, 0.25) is 5.91 Å². The van der Waals surface area contributed by atoms with Crippen molar-refractivity contribution in [2.24, 2.45) is 17.6 Å². The van der Waals surface area contributed by atoms with Crippen LogP contribution >= 0.6 is 0 Å². The summed E-state index contributed by atoms with van der Waals surface area (Å²) in [5.41, 5.74) is 6.71. The highest BCUT2D eigenvalue weighted by atomic mass is 16.3. The molecule has 1 amide bonds. The largest absolute Gasteiger partial charge is 0.504 e. The van der Waals surface area contributed by atoms with Crippen molar-refractivity contribution in [3.05, 3.63) is 23.8 Å². The molecule has 0 spiro atoms.